The van der Waals surface area contributed by atoms with E-state index in [0.29, 0.717) is 6.61 Å². The molecule has 0 amide bonds. The molecule has 0 fully saturated rings. The van der Waals surface area contributed by atoms with Crippen LogP contribution in [0.2, 0.25) is 0 Å². The van der Waals surface area contributed by atoms with Crippen LogP contribution in [0.15, 0.2) is 0 Å². The minimum absolute atomic E-state index is 0.469. The molecular weight excluding hydrogens is 121 g/mol. The summed E-state index contributed by atoms with van der Waals surface area (Å²) in [6, 6.07) is 0. The van der Waals surface area contributed by atoms with Gasteiger partial charge in [-0.05, 0) is 13.0 Å². The van der Waals surface area contributed by atoms with Crippen molar-refractivity contribution in [3.63, 3.8) is 0 Å². The van der Waals surface area contributed by atoms with E-state index in [0.717, 1.165) is 19.5 Å². The van der Waals surface area contributed by atoms with E-state index in [1.165, 1.54) is 0 Å². The predicted molar refractivity (Wildman–Crippen MR) is 35.1 cm³/mol. The van der Waals surface area contributed by atoms with Crippen LogP contribution in [0.25, 0.3) is 0 Å². The number of hydrogen-bond donors (Lipinski definition) is 1. The number of hydrogen-bond acceptors (Lipinski definition) is 2. The summed E-state index contributed by atoms with van der Waals surface area (Å²) in [4.78, 5) is 0. The normalized spacial score (nSPS) is 10.0. The van der Waals surface area contributed by atoms with E-state index in [2.05, 4.69) is 17.0 Å². The second-order valence-electron chi connectivity index (χ2n) is 1.77. The fourth-order valence-electron chi connectivity index (χ4n) is 0.501. The molecule has 0 aromatic heterocycles. The van der Waals surface area contributed by atoms with Crippen LogP contribution in [-0.4, -0.2) is 26.6 Å². The Labute approximate surface area is 55.4 Å². The highest BCUT2D eigenvalue weighted by Crippen LogP contribution is 1.73. The standard InChI is InChI=1S/C6H14FNO/c1-2-3-8-4-5-9-6-7/h8H,2-6H2,1H3. The van der Waals surface area contributed by atoms with Crippen molar-refractivity contribution in [1.82, 2.24) is 5.32 Å². The molecule has 0 rings (SSSR count). The minimum Gasteiger partial charge on any atom is -0.349 e. The Balaban J connectivity index is 2.60. The van der Waals surface area contributed by atoms with Crippen LogP contribution in [0.3, 0.4) is 0 Å². The van der Waals surface area contributed by atoms with Crippen molar-refractivity contribution in [2.45, 2.75) is 13.3 Å². The quantitative estimate of drug-likeness (QED) is 0.547. The zero-order valence-corrected chi connectivity index (χ0v) is 5.82. The maximum absolute atomic E-state index is 11.3. The molecule has 2 nitrogen and oxygen atoms in total. The zero-order chi connectivity index (χ0) is 6.95. The van der Waals surface area contributed by atoms with Crippen LogP contribution in [0.1, 0.15) is 13.3 Å². The largest absolute Gasteiger partial charge is 0.349 e. The van der Waals surface area contributed by atoms with Crippen molar-refractivity contribution in [3.05, 3.63) is 0 Å². The maximum Gasteiger partial charge on any atom is 0.188 e. The Morgan fingerprint density at radius 2 is 2.22 bits per heavy atom. The molecule has 0 aliphatic heterocycles. The molecular formula is C6H14FNO. The van der Waals surface area contributed by atoms with E-state index in [1.54, 1.807) is 0 Å². The summed E-state index contributed by atoms with van der Waals surface area (Å²) in [5.74, 6) is 0. The molecule has 0 atom stereocenters. The van der Waals surface area contributed by atoms with Gasteiger partial charge in [0, 0.05) is 6.54 Å². The molecule has 0 heterocycles. The first-order chi connectivity index (χ1) is 4.41. The van der Waals surface area contributed by atoms with E-state index < -0.39 is 6.86 Å². The van der Waals surface area contributed by atoms with E-state index in [4.69, 9.17) is 0 Å². The first kappa shape index (κ1) is 8.85. The molecule has 0 aliphatic carbocycles. The summed E-state index contributed by atoms with van der Waals surface area (Å²) < 4.78 is 15.7. The van der Waals surface area contributed by atoms with Crippen LogP contribution >= 0.6 is 0 Å². The molecule has 9 heavy (non-hydrogen) atoms. The minimum atomic E-state index is -0.673. The lowest BCUT2D eigenvalue weighted by molar-refractivity contribution is 0.0599. The number of rotatable bonds is 6. The molecule has 0 spiro atoms. The van der Waals surface area contributed by atoms with Gasteiger partial charge in [-0.2, -0.15) is 0 Å². The third-order valence-electron chi connectivity index (χ3n) is 0.927. The molecule has 0 unspecified atom stereocenters. The Bertz CT molecular complexity index is 46.3. The van der Waals surface area contributed by atoms with Gasteiger partial charge in [-0.3, -0.25) is 0 Å². The van der Waals surface area contributed by atoms with Crippen LogP contribution in [-0.2, 0) is 4.74 Å². The fraction of sp³-hybridized carbons (Fsp3) is 1.00. The monoisotopic (exact) mass is 135 g/mol. The van der Waals surface area contributed by atoms with E-state index in [1.807, 2.05) is 0 Å². The average molecular weight is 135 g/mol. The van der Waals surface area contributed by atoms with Gasteiger partial charge in [-0.1, -0.05) is 6.92 Å². The van der Waals surface area contributed by atoms with Crippen molar-refractivity contribution in [2.24, 2.45) is 0 Å². The molecule has 0 aromatic carbocycles. The van der Waals surface area contributed by atoms with Gasteiger partial charge in [0.1, 0.15) is 0 Å². The van der Waals surface area contributed by atoms with Gasteiger partial charge in [0.25, 0.3) is 0 Å². The van der Waals surface area contributed by atoms with Crippen molar-refractivity contribution in [3.8, 4) is 0 Å². The van der Waals surface area contributed by atoms with Gasteiger partial charge in [-0.25, -0.2) is 4.39 Å². The first-order valence-corrected chi connectivity index (χ1v) is 3.26. The highest BCUT2D eigenvalue weighted by molar-refractivity contribution is 4.41. The zero-order valence-electron chi connectivity index (χ0n) is 5.82. The van der Waals surface area contributed by atoms with Gasteiger partial charge in [-0.15, -0.1) is 0 Å². The molecule has 0 radical (unpaired) electrons. The first-order valence-electron chi connectivity index (χ1n) is 3.26. The summed E-state index contributed by atoms with van der Waals surface area (Å²) in [6.07, 6.45) is 1.11. The molecule has 56 valence electrons. The Kier molecular flexibility index (Phi) is 7.72. The number of halogens is 1. The highest BCUT2D eigenvalue weighted by atomic mass is 19.1. The summed E-state index contributed by atoms with van der Waals surface area (Å²) in [7, 11) is 0. The predicted octanol–water partition coefficient (Wildman–Crippen LogP) is 0.930. The molecule has 3 heteroatoms. The van der Waals surface area contributed by atoms with Gasteiger partial charge >= 0.3 is 0 Å². The van der Waals surface area contributed by atoms with Crippen molar-refractivity contribution >= 4 is 0 Å². The Morgan fingerprint density at radius 1 is 1.44 bits per heavy atom. The van der Waals surface area contributed by atoms with Crippen LogP contribution in [0.5, 0.6) is 0 Å². The summed E-state index contributed by atoms with van der Waals surface area (Å²) in [6.45, 7) is 3.61. The molecule has 0 bridgehead atoms. The number of nitrogens with one attached hydrogen (secondary N) is 1. The second kappa shape index (κ2) is 7.85. The van der Waals surface area contributed by atoms with Crippen molar-refractivity contribution in [2.75, 3.05) is 26.6 Å². The van der Waals surface area contributed by atoms with Crippen LogP contribution < -0.4 is 5.32 Å². The molecule has 0 aromatic rings. The number of alkyl halides is 1. The summed E-state index contributed by atoms with van der Waals surface area (Å²) >= 11 is 0. The van der Waals surface area contributed by atoms with Crippen molar-refractivity contribution < 1.29 is 9.13 Å². The lowest BCUT2D eigenvalue weighted by atomic mass is 10.5. The van der Waals surface area contributed by atoms with Crippen molar-refractivity contribution in [1.29, 1.82) is 0 Å². The smallest absolute Gasteiger partial charge is 0.188 e. The number of ether oxygens (including phenoxy) is 1. The third-order valence-corrected chi connectivity index (χ3v) is 0.927. The fourth-order valence-corrected chi connectivity index (χ4v) is 0.501. The molecule has 0 saturated heterocycles. The van der Waals surface area contributed by atoms with Gasteiger partial charge in [0.2, 0.25) is 0 Å². The summed E-state index contributed by atoms with van der Waals surface area (Å²) in [5.41, 5.74) is 0. The second-order valence-corrected chi connectivity index (χ2v) is 1.77. The average Bonchev–Trinajstić information content (AvgIpc) is 1.89. The summed E-state index contributed by atoms with van der Waals surface area (Å²) in [5, 5.41) is 3.08. The van der Waals surface area contributed by atoms with Gasteiger partial charge in [0.15, 0.2) is 6.86 Å². The Hall–Kier alpha value is -0.150. The van der Waals surface area contributed by atoms with Crippen LogP contribution in [0, 0.1) is 0 Å². The van der Waals surface area contributed by atoms with Gasteiger partial charge < -0.3 is 10.1 Å². The molecule has 0 aliphatic rings. The van der Waals surface area contributed by atoms with Gasteiger partial charge in [0.05, 0.1) is 6.61 Å². The Morgan fingerprint density at radius 3 is 2.78 bits per heavy atom. The topological polar surface area (TPSA) is 21.3 Å². The van der Waals surface area contributed by atoms with E-state index in [9.17, 15) is 4.39 Å². The SMILES string of the molecule is CCCNCCOCF. The maximum atomic E-state index is 11.3. The molecule has 0 saturated carbocycles. The highest BCUT2D eigenvalue weighted by Gasteiger charge is 1.83. The van der Waals surface area contributed by atoms with Crippen LogP contribution in [0.4, 0.5) is 4.39 Å². The lowest BCUT2D eigenvalue weighted by Gasteiger charge is -2.00. The van der Waals surface area contributed by atoms with E-state index in [-0.39, 0.29) is 0 Å². The van der Waals surface area contributed by atoms with E-state index >= 15 is 0 Å². The third kappa shape index (κ3) is 7.85. The molecule has 1 N–H and O–H groups in total. The lowest BCUT2D eigenvalue weighted by Crippen LogP contribution is -2.20.